The monoisotopic (exact) mass is 245 g/mol. The minimum absolute atomic E-state index is 0.113. The van der Waals surface area contributed by atoms with Crippen molar-refractivity contribution in [1.29, 1.82) is 0 Å². The van der Waals surface area contributed by atoms with Crippen LogP contribution in [0.15, 0.2) is 36.4 Å². The maximum absolute atomic E-state index is 9.95. The minimum Gasteiger partial charge on any atom is -0.507 e. The summed E-state index contributed by atoms with van der Waals surface area (Å²) in [7, 11) is 3.17. The Morgan fingerprint density at radius 2 is 1.72 bits per heavy atom. The van der Waals surface area contributed by atoms with Crippen LogP contribution >= 0.6 is 0 Å². The summed E-state index contributed by atoms with van der Waals surface area (Å²) in [5.41, 5.74) is 7.54. The Labute approximate surface area is 106 Å². The summed E-state index contributed by atoms with van der Waals surface area (Å²) in [5, 5.41) is 9.95. The molecule has 94 valence electrons. The van der Waals surface area contributed by atoms with Crippen LogP contribution in [0.3, 0.4) is 0 Å². The van der Waals surface area contributed by atoms with E-state index in [1.165, 1.54) is 6.07 Å². The van der Waals surface area contributed by atoms with Gasteiger partial charge in [0.05, 0.1) is 14.2 Å². The Morgan fingerprint density at radius 3 is 2.33 bits per heavy atom. The fraction of sp³-hybridized carbons (Fsp3) is 0.143. The Balaban J connectivity index is 2.60. The second-order valence-electron chi connectivity index (χ2n) is 3.84. The maximum Gasteiger partial charge on any atom is 0.127 e. The van der Waals surface area contributed by atoms with Gasteiger partial charge in [-0.05, 0) is 30.3 Å². The first-order chi connectivity index (χ1) is 8.65. The van der Waals surface area contributed by atoms with E-state index in [2.05, 4.69) is 0 Å². The lowest BCUT2D eigenvalue weighted by Crippen LogP contribution is -1.91. The molecular formula is C14H15NO3. The highest BCUT2D eigenvalue weighted by atomic mass is 16.5. The van der Waals surface area contributed by atoms with Crippen LogP contribution in [-0.4, -0.2) is 19.3 Å². The zero-order valence-electron chi connectivity index (χ0n) is 10.3. The van der Waals surface area contributed by atoms with E-state index in [1.807, 2.05) is 6.07 Å². The topological polar surface area (TPSA) is 64.7 Å². The number of aromatic hydroxyl groups is 1. The summed E-state index contributed by atoms with van der Waals surface area (Å²) in [5.74, 6) is 1.47. The van der Waals surface area contributed by atoms with Gasteiger partial charge in [0.15, 0.2) is 0 Å². The molecule has 0 saturated heterocycles. The van der Waals surface area contributed by atoms with Gasteiger partial charge in [0.2, 0.25) is 0 Å². The Hall–Kier alpha value is -2.36. The molecule has 0 heterocycles. The molecule has 0 amide bonds. The van der Waals surface area contributed by atoms with Crippen LogP contribution in [0.5, 0.6) is 17.2 Å². The largest absolute Gasteiger partial charge is 0.507 e. The first-order valence-corrected chi connectivity index (χ1v) is 5.46. The van der Waals surface area contributed by atoms with E-state index in [4.69, 9.17) is 15.2 Å². The number of hydrogen-bond donors (Lipinski definition) is 2. The molecule has 0 aliphatic carbocycles. The number of benzene rings is 2. The van der Waals surface area contributed by atoms with Crippen LogP contribution in [0, 0.1) is 0 Å². The first-order valence-electron chi connectivity index (χ1n) is 5.46. The number of nitrogens with two attached hydrogens (primary N) is 1. The molecule has 0 unspecified atom stereocenters. The summed E-state index contributed by atoms with van der Waals surface area (Å²) in [4.78, 5) is 0. The third kappa shape index (κ3) is 2.18. The second-order valence-corrected chi connectivity index (χ2v) is 3.84. The van der Waals surface area contributed by atoms with Gasteiger partial charge in [-0.25, -0.2) is 0 Å². The molecule has 2 rings (SSSR count). The van der Waals surface area contributed by atoms with Crippen LogP contribution in [0.4, 0.5) is 5.69 Å². The van der Waals surface area contributed by atoms with Crippen molar-refractivity contribution in [3.05, 3.63) is 36.4 Å². The van der Waals surface area contributed by atoms with Gasteiger partial charge in [0.1, 0.15) is 17.2 Å². The standard InChI is InChI=1S/C14H15NO3/c1-17-10-4-6-14(18-2)12(8-10)11-5-3-9(15)7-13(11)16/h3-8,16H,15H2,1-2H3. The smallest absolute Gasteiger partial charge is 0.127 e. The number of methoxy groups -OCH3 is 2. The molecular weight excluding hydrogens is 230 g/mol. The number of rotatable bonds is 3. The Kier molecular flexibility index (Phi) is 3.28. The zero-order chi connectivity index (χ0) is 13.1. The highest BCUT2D eigenvalue weighted by molar-refractivity contribution is 5.78. The summed E-state index contributed by atoms with van der Waals surface area (Å²) in [6.45, 7) is 0. The number of anilines is 1. The normalized spacial score (nSPS) is 10.1. The number of phenolic OH excluding ortho intramolecular Hbond substituents is 1. The second kappa shape index (κ2) is 4.87. The van der Waals surface area contributed by atoms with Crippen molar-refractivity contribution in [2.75, 3.05) is 20.0 Å². The molecule has 0 radical (unpaired) electrons. The van der Waals surface area contributed by atoms with E-state index in [0.29, 0.717) is 22.7 Å². The van der Waals surface area contributed by atoms with Gasteiger partial charge in [-0.3, -0.25) is 0 Å². The summed E-state index contributed by atoms with van der Waals surface area (Å²) < 4.78 is 10.5. The van der Waals surface area contributed by atoms with Crippen molar-refractivity contribution in [2.24, 2.45) is 0 Å². The predicted octanol–water partition coefficient (Wildman–Crippen LogP) is 2.66. The quantitative estimate of drug-likeness (QED) is 0.816. The summed E-state index contributed by atoms with van der Waals surface area (Å²) >= 11 is 0. The van der Waals surface area contributed by atoms with Gasteiger partial charge in [-0.2, -0.15) is 0 Å². The lowest BCUT2D eigenvalue weighted by Gasteiger charge is -2.12. The van der Waals surface area contributed by atoms with Gasteiger partial charge in [-0.1, -0.05) is 0 Å². The Bertz CT molecular complexity index is 567. The molecule has 4 heteroatoms. The molecule has 0 saturated carbocycles. The summed E-state index contributed by atoms with van der Waals surface area (Å²) in [6, 6.07) is 10.4. The molecule has 0 atom stereocenters. The van der Waals surface area contributed by atoms with Gasteiger partial charge >= 0.3 is 0 Å². The lowest BCUT2D eigenvalue weighted by atomic mass is 10.0. The van der Waals surface area contributed by atoms with Crippen molar-refractivity contribution in [3.8, 4) is 28.4 Å². The van der Waals surface area contributed by atoms with E-state index in [1.54, 1.807) is 38.5 Å². The third-order valence-electron chi connectivity index (χ3n) is 2.72. The van der Waals surface area contributed by atoms with E-state index in [-0.39, 0.29) is 5.75 Å². The van der Waals surface area contributed by atoms with Gasteiger partial charge in [0, 0.05) is 22.9 Å². The highest BCUT2D eigenvalue weighted by Crippen LogP contribution is 2.38. The number of ether oxygens (including phenoxy) is 2. The molecule has 0 aromatic heterocycles. The van der Waals surface area contributed by atoms with E-state index in [0.717, 1.165) is 5.56 Å². The van der Waals surface area contributed by atoms with Crippen LogP contribution in [0.1, 0.15) is 0 Å². The van der Waals surface area contributed by atoms with Crippen LogP contribution in [-0.2, 0) is 0 Å². The molecule has 0 bridgehead atoms. The highest BCUT2D eigenvalue weighted by Gasteiger charge is 2.11. The van der Waals surface area contributed by atoms with Gasteiger partial charge in [0.25, 0.3) is 0 Å². The molecule has 3 N–H and O–H groups in total. The van der Waals surface area contributed by atoms with Crippen LogP contribution in [0.2, 0.25) is 0 Å². The van der Waals surface area contributed by atoms with E-state index < -0.39 is 0 Å². The lowest BCUT2D eigenvalue weighted by molar-refractivity contribution is 0.404. The van der Waals surface area contributed by atoms with Crippen LogP contribution in [0.25, 0.3) is 11.1 Å². The minimum atomic E-state index is 0.113. The van der Waals surface area contributed by atoms with Crippen molar-refractivity contribution < 1.29 is 14.6 Å². The third-order valence-corrected chi connectivity index (χ3v) is 2.72. The van der Waals surface area contributed by atoms with Crippen molar-refractivity contribution >= 4 is 5.69 Å². The fourth-order valence-electron chi connectivity index (χ4n) is 1.80. The average Bonchev–Trinajstić information content (AvgIpc) is 2.38. The van der Waals surface area contributed by atoms with Crippen molar-refractivity contribution in [1.82, 2.24) is 0 Å². The predicted molar refractivity (Wildman–Crippen MR) is 71.1 cm³/mol. The average molecular weight is 245 g/mol. The molecule has 2 aromatic carbocycles. The van der Waals surface area contributed by atoms with Crippen LogP contribution < -0.4 is 15.2 Å². The number of phenols is 1. The number of hydrogen-bond acceptors (Lipinski definition) is 4. The molecule has 0 spiro atoms. The van der Waals surface area contributed by atoms with Gasteiger partial charge in [-0.15, -0.1) is 0 Å². The molecule has 0 aliphatic rings. The molecule has 0 fully saturated rings. The van der Waals surface area contributed by atoms with Crippen molar-refractivity contribution in [3.63, 3.8) is 0 Å². The summed E-state index contributed by atoms with van der Waals surface area (Å²) in [6.07, 6.45) is 0. The first kappa shape index (κ1) is 12.1. The molecule has 2 aromatic rings. The zero-order valence-corrected chi connectivity index (χ0v) is 10.3. The fourth-order valence-corrected chi connectivity index (χ4v) is 1.80. The van der Waals surface area contributed by atoms with Crippen molar-refractivity contribution in [2.45, 2.75) is 0 Å². The van der Waals surface area contributed by atoms with E-state index >= 15 is 0 Å². The Morgan fingerprint density at radius 1 is 0.944 bits per heavy atom. The molecule has 0 aliphatic heterocycles. The van der Waals surface area contributed by atoms with E-state index in [9.17, 15) is 5.11 Å². The maximum atomic E-state index is 9.95. The molecule has 18 heavy (non-hydrogen) atoms. The van der Waals surface area contributed by atoms with Gasteiger partial charge < -0.3 is 20.3 Å². The number of nitrogen functional groups attached to an aromatic ring is 1. The SMILES string of the molecule is COc1ccc(OC)c(-c2ccc(N)cc2O)c1. The molecule has 4 nitrogen and oxygen atoms in total.